The number of amides is 1. The first-order valence-corrected chi connectivity index (χ1v) is 10.6. The van der Waals surface area contributed by atoms with Crippen LogP contribution >= 0.6 is 0 Å². The average Bonchev–Trinajstić information content (AvgIpc) is 3.12. The Bertz CT molecular complexity index is 1300. The highest BCUT2D eigenvalue weighted by Gasteiger charge is 2.17. The van der Waals surface area contributed by atoms with Crippen molar-refractivity contribution < 1.29 is 17.6 Å². The Kier molecular flexibility index (Phi) is 4.63. The van der Waals surface area contributed by atoms with Gasteiger partial charge in [0.05, 0.1) is 21.5 Å². The summed E-state index contributed by atoms with van der Waals surface area (Å²) in [5, 5.41) is 2.58. The van der Waals surface area contributed by atoms with Crippen LogP contribution in [0.4, 0.5) is 10.1 Å². The molecule has 1 aromatic heterocycles. The number of hydrogen-bond donors (Lipinski definition) is 2. The average molecular weight is 409 g/mol. The third kappa shape index (κ3) is 3.88. The summed E-state index contributed by atoms with van der Waals surface area (Å²) in [6, 6.07) is 17.7. The van der Waals surface area contributed by atoms with Crippen LogP contribution in [0.3, 0.4) is 0 Å². The summed E-state index contributed by atoms with van der Waals surface area (Å²) >= 11 is 0. The van der Waals surface area contributed by atoms with Crippen LogP contribution in [-0.4, -0.2) is 30.5 Å². The molecule has 29 heavy (non-hydrogen) atoms. The van der Waals surface area contributed by atoms with Gasteiger partial charge in [0, 0.05) is 17.5 Å². The van der Waals surface area contributed by atoms with E-state index >= 15 is 0 Å². The fraction of sp³-hybridized carbons (Fsp3) is 0.0476. The van der Waals surface area contributed by atoms with Gasteiger partial charge in [0.25, 0.3) is 5.91 Å². The minimum absolute atomic E-state index is 0.121. The van der Waals surface area contributed by atoms with E-state index in [-0.39, 0.29) is 10.5 Å². The number of H-pyrrole nitrogens is 1. The van der Waals surface area contributed by atoms with Gasteiger partial charge in [-0.05, 0) is 54.6 Å². The maximum absolute atomic E-state index is 14.0. The monoisotopic (exact) mass is 409 g/mol. The number of halogens is 1. The molecule has 0 radical (unpaired) electrons. The number of aromatic nitrogens is 2. The van der Waals surface area contributed by atoms with Crippen molar-refractivity contribution in [3.05, 3.63) is 78.1 Å². The molecule has 0 atom stereocenters. The first-order valence-electron chi connectivity index (χ1n) is 8.67. The standard InChI is InChI=1S/C21H16FN3O3S/c1-29(27,28)15-10-11-17(22)16(12-15)21(26)23-14-8-6-13(7-9-14)20-24-18-4-2-3-5-19(18)25-20/h2-12H,1H3,(H,23,26)(H,24,25). The van der Waals surface area contributed by atoms with Crippen molar-refractivity contribution >= 4 is 32.5 Å². The summed E-state index contributed by atoms with van der Waals surface area (Å²) in [6.07, 6.45) is 0.999. The van der Waals surface area contributed by atoms with E-state index in [0.717, 1.165) is 41.1 Å². The quantitative estimate of drug-likeness (QED) is 0.498. The molecule has 0 saturated carbocycles. The molecule has 4 rings (SSSR count). The third-order valence-electron chi connectivity index (χ3n) is 4.42. The number of imidazole rings is 1. The van der Waals surface area contributed by atoms with Gasteiger partial charge in [-0.3, -0.25) is 4.79 Å². The number of hydrogen-bond acceptors (Lipinski definition) is 4. The van der Waals surface area contributed by atoms with E-state index in [1.165, 1.54) is 0 Å². The van der Waals surface area contributed by atoms with Crippen LogP contribution in [-0.2, 0) is 9.84 Å². The van der Waals surface area contributed by atoms with Crippen LogP contribution in [0, 0.1) is 5.82 Å². The van der Waals surface area contributed by atoms with E-state index in [2.05, 4.69) is 15.3 Å². The molecule has 0 fully saturated rings. The molecule has 8 heteroatoms. The highest BCUT2D eigenvalue weighted by molar-refractivity contribution is 7.90. The fourth-order valence-electron chi connectivity index (χ4n) is 2.91. The van der Waals surface area contributed by atoms with Crippen molar-refractivity contribution in [2.24, 2.45) is 0 Å². The summed E-state index contributed by atoms with van der Waals surface area (Å²) in [4.78, 5) is 20.0. The molecule has 1 amide bonds. The Morgan fingerprint density at radius 3 is 2.45 bits per heavy atom. The number of rotatable bonds is 4. The topological polar surface area (TPSA) is 91.9 Å². The molecule has 0 aliphatic rings. The first kappa shape index (κ1) is 18.8. The molecule has 1 heterocycles. The van der Waals surface area contributed by atoms with E-state index in [0.29, 0.717) is 11.5 Å². The molecule has 146 valence electrons. The largest absolute Gasteiger partial charge is 0.338 e. The normalized spacial score (nSPS) is 11.5. The van der Waals surface area contributed by atoms with Crippen molar-refractivity contribution in [3.8, 4) is 11.4 Å². The number of anilines is 1. The Hall–Kier alpha value is -3.52. The zero-order chi connectivity index (χ0) is 20.6. The van der Waals surface area contributed by atoms with Crippen molar-refractivity contribution in [3.63, 3.8) is 0 Å². The van der Waals surface area contributed by atoms with Gasteiger partial charge < -0.3 is 10.3 Å². The maximum Gasteiger partial charge on any atom is 0.258 e. The smallest absolute Gasteiger partial charge is 0.258 e. The first-order chi connectivity index (χ1) is 13.8. The van der Waals surface area contributed by atoms with Crippen molar-refractivity contribution in [1.29, 1.82) is 0 Å². The number of carbonyl (C=O) groups excluding carboxylic acids is 1. The van der Waals surface area contributed by atoms with Crippen molar-refractivity contribution in [2.75, 3.05) is 11.6 Å². The van der Waals surface area contributed by atoms with E-state index in [1.54, 1.807) is 24.3 Å². The fourth-order valence-corrected chi connectivity index (χ4v) is 3.56. The lowest BCUT2D eigenvalue weighted by atomic mass is 10.1. The number of fused-ring (bicyclic) bond motifs is 1. The molecular weight excluding hydrogens is 393 g/mol. The lowest BCUT2D eigenvalue weighted by molar-refractivity contribution is 0.102. The van der Waals surface area contributed by atoms with E-state index in [1.807, 2.05) is 24.3 Å². The van der Waals surface area contributed by atoms with Gasteiger partial charge in [0.2, 0.25) is 0 Å². The lowest BCUT2D eigenvalue weighted by Crippen LogP contribution is -2.14. The highest BCUT2D eigenvalue weighted by atomic mass is 32.2. The number of benzene rings is 3. The Morgan fingerprint density at radius 2 is 1.76 bits per heavy atom. The Morgan fingerprint density at radius 1 is 1.03 bits per heavy atom. The summed E-state index contributed by atoms with van der Waals surface area (Å²) in [7, 11) is -3.55. The molecule has 0 unspecified atom stereocenters. The number of nitrogens with zero attached hydrogens (tertiary/aromatic N) is 1. The van der Waals surface area contributed by atoms with E-state index < -0.39 is 21.6 Å². The Labute approximate surface area is 166 Å². The molecule has 0 spiro atoms. The van der Waals surface area contributed by atoms with Gasteiger partial charge in [-0.1, -0.05) is 12.1 Å². The summed E-state index contributed by atoms with van der Waals surface area (Å²) < 4.78 is 37.3. The van der Waals surface area contributed by atoms with Gasteiger partial charge in [-0.2, -0.15) is 0 Å². The number of carbonyl (C=O) groups is 1. The zero-order valence-corrected chi connectivity index (χ0v) is 16.1. The minimum Gasteiger partial charge on any atom is -0.338 e. The molecular formula is C21H16FN3O3S. The summed E-state index contributed by atoms with van der Waals surface area (Å²) in [6.45, 7) is 0. The molecule has 0 bridgehead atoms. The zero-order valence-electron chi connectivity index (χ0n) is 15.3. The third-order valence-corrected chi connectivity index (χ3v) is 5.53. The van der Waals surface area contributed by atoms with Crippen LogP contribution in [0.2, 0.25) is 0 Å². The van der Waals surface area contributed by atoms with E-state index in [9.17, 15) is 17.6 Å². The lowest BCUT2D eigenvalue weighted by Gasteiger charge is -2.08. The molecule has 4 aromatic rings. The van der Waals surface area contributed by atoms with Crippen LogP contribution in [0.25, 0.3) is 22.4 Å². The highest BCUT2D eigenvalue weighted by Crippen LogP contribution is 2.23. The molecule has 6 nitrogen and oxygen atoms in total. The van der Waals surface area contributed by atoms with Crippen LogP contribution in [0.15, 0.2) is 71.6 Å². The SMILES string of the molecule is CS(=O)(=O)c1ccc(F)c(C(=O)Nc2ccc(-c3nc4ccccc4[nH]3)cc2)c1. The van der Waals surface area contributed by atoms with Crippen molar-refractivity contribution in [2.45, 2.75) is 4.90 Å². The second kappa shape index (κ2) is 7.14. The molecule has 0 aliphatic heterocycles. The molecule has 0 aliphatic carbocycles. The van der Waals surface area contributed by atoms with E-state index in [4.69, 9.17) is 0 Å². The van der Waals surface area contributed by atoms with Gasteiger partial charge in [0.1, 0.15) is 11.6 Å². The van der Waals surface area contributed by atoms with Gasteiger partial charge in [-0.25, -0.2) is 17.8 Å². The van der Waals surface area contributed by atoms with Crippen LogP contribution < -0.4 is 5.32 Å². The predicted octanol–water partition coefficient (Wildman–Crippen LogP) is 4.02. The van der Waals surface area contributed by atoms with Crippen LogP contribution in [0.5, 0.6) is 0 Å². The van der Waals surface area contributed by atoms with Crippen LogP contribution in [0.1, 0.15) is 10.4 Å². The maximum atomic E-state index is 14.0. The van der Waals surface area contributed by atoms with Gasteiger partial charge >= 0.3 is 0 Å². The predicted molar refractivity (Wildman–Crippen MR) is 109 cm³/mol. The van der Waals surface area contributed by atoms with Gasteiger partial charge in [-0.15, -0.1) is 0 Å². The molecule has 2 N–H and O–H groups in total. The number of sulfone groups is 1. The number of para-hydroxylation sites is 2. The molecule has 0 saturated heterocycles. The molecule has 3 aromatic carbocycles. The second-order valence-electron chi connectivity index (χ2n) is 6.55. The number of aromatic amines is 1. The summed E-state index contributed by atoms with van der Waals surface area (Å²) in [5.41, 5.74) is 2.69. The van der Waals surface area contributed by atoms with Gasteiger partial charge in [0.15, 0.2) is 9.84 Å². The number of nitrogens with one attached hydrogen (secondary N) is 2. The minimum atomic E-state index is -3.55. The Balaban J connectivity index is 1.57. The second-order valence-corrected chi connectivity index (χ2v) is 8.56. The summed E-state index contributed by atoms with van der Waals surface area (Å²) in [5.74, 6) is -0.839. The van der Waals surface area contributed by atoms with Crippen molar-refractivity contribution in [1.82, 2.24) is 9.97 Å².